The van der Waals surface area contributed by atoms with Gasteiger partial charge >= 0.3 is 0 Å². The van der Waals surface area contributed by atoms with Gasteiger partial charge in [0.05, 0.1) is 6.61 Å². The van der Waals surface area contributed by atoms with Gasteiger partial charge in [0, 0.05) is 24.1 Å². The van der Waals surface area contributed by atoms with Gasteiger partial charge in [-0.2, -0.15) is 11.8 Å². The Labute approximate surface area is 110 Å². The highest BCUT2D eigenvalue weighted by Crippen LogP contribution is 2.31. The summed E-state index contributed by atoms with van der Waals surface area (Å²) in [5.74, 6) is 2.07. The van der Waals surface area contributed by atoms with Crippen molar-refractivity contribution in [2.45, 2.75) is 18.2 Å². The number of rotatable bonds is 6. The maximum absolute atomic E-state index is 11.9. The van der Waals surface area contributed by atoms with Crippen LogP contribution in [0.2, 0.25) is 0 Å². The van der Waals surface area contributed by atoms with Crippen LogP contribution in [0.15, 0.2) is 24.3 Å². The van der Waals surface area contributed by atoms with Gasteiger partial charge in [0.1, 0.15) is 6.61 Å². The summed E-state index contributed by atoms with van der Waals surface area (Å²) in [6, 6.07) is 8.66. The lowest BCUT2D eigenvalue weighted by Gasteiger charge is -2.26. The van der Waals surface area contributed by atoms with Crippen LogP contribution in [0.1, 0.15) is 17.2 Å². The van der Waals surface area contributed by atoms with Gasteiger partial charge in [0.2, 0.25) is 0 Å². The van der Waals surface area contributed by atoms with E-state index in [1.54, 1.807) is 0 Å². The van der Waals surface area contributed by atoms with Crippen LogP contribution < -0.4 is 5.32 Å². The predicted molar refractivity (Wildman–Crippen MR) is 70.2 cm³/mol. The Balaban J connectivity index is 1.77. The van der Waals surface area contributed by atoms with Gasteiger partial charge in [-0.1, -0.05) is 24.3 Å². The third kappa shape index (κ3) is 3.93. The van der Waals surface area contributed by atoms with Crippen molar-refractivity contribution >= 4 is 11.8 Å². The maximum Gasteiger partial charge on any atom is 0.261 e. The second kappa shape index (κ2) is 7.07. The van der Waals surface area contributed by atoms with E-state index in [0.717, 1.165) is 11.5 Å². The topological polar surface area (TPSA) is 21.3 Å². The van der Waals surface area contributed by atoms with Crippen molar-refractivity contribution in [3.8, 4) is 0 Å². The molecule has 0 radical (unpaired) electrons. The van der Waals surface area contributed by atoms with Crippen LogP contribution in [0.4, 0.5) is 8.78 Å². The van der Waals surface area contributed by atoms with E-state index < -0.39 is 13.0 Å². The summed E-state index contributed by atoms with van der Waals surface area (Å²) in [4.78, 5) is 0. The Kier molecular flexibility index (Phi) is 5.41. The van der Waals surface area contributed by atoms with Gasteiger partial charge in [-0.25, -0.2) is 8.78 Å². The molecule has 1 aliphatic rings. The molecular weight excluding hydrogens is 256 g/mol. The van der Waals surface area contributed by atoms with Crippen molar-refractivity contribution in [2.75, 3.05) is 25.5 Å². The number of benzene rings is 1. The quantitative estimate of drug-likeness (QED) is 0.805. The summed E-state index contributed by atoms with van der Waals surface area (Å²) in [5, 5.41) is 3.36. The fourth-order valence-electron chi connectivity index (χ4n) is 2.03. The maximum atomic E-state index is 11.9. The molecule has 1 unspecified atom stereocenters. The molecule has 100 valence electrons. The predicted octanol–water partition coefficient (Wildman–Crippen LogP) is 2.85. The molecule has 1 aromatic carbocycles. The second-order valence-corrected chi connectivity index (χ2v) is 5.22. The zero-order valence-electron chi connectivity index (χ0n) is 10.1. The Morgan fingerprint density at radius 3 is 3.06 bits per heavy atom. The summed E-state index contributed by atoms with van der Waals surface area (Å²) in [6.45, 7) is 0.456. The summed E-state index contributed by atoms with van der Waals surface area (Å²) in [7, 11) is 0. The fourth-order valence-corrected chi connectivity index (χ4v) is 3.16. The second-order valence-electron chi connectivity index (χ2n) is 4.19. The lowest BCUT2D eigenvalue weighted by Crippen LogP contribution is -2.29. The van der Waals surface area contributed by atoms with Gasteiger partial charge in [0.15, 0.2) is 0 Å². The molecule has 0 fully saturated rings. The number of ether oxygens (including phenoxy) is 1. The average Bonchev–Trinajstić information content (AvgIpc) is 2.38. The number of halogens is 2. The van der Waals surface area contributed by atoms with Crippen molar-refractivity contribution in [1.29, 1.82) is 0 Å². The molecule has 18 heavy (non-hydrogen) atoms. The third-order valence-corrected chi connectivity index (χ3v) is 3.94. The Morgan fingerprint density at radius 1 is 1.39 bits per heavy atom. The third-order valence-electron chi connectivity index (χ3n) is 2.85. The van der Waals surface area contributed by atoms with Crippen molar-refractivity contribution < 1.29 is 13.5 Å². The van der Waals surface area contributed by atoms with Gasteiger partial charge in [-0.05, 0) is 11.1 Å². The Morgan fingerprint density at radius 2 is 2.22 bits per heavy atom. The normalized spacial score (nSPS) is 18.9. The highest BCUT2D eigenvalue weighted by atomic mass is 32.2. The van der Waals surface area contributed by atoms with E-state index >= 15 is 0 Å². The van der Waals surface area contributed by atoms with Gasteiger partial charge in [-0.3, -0.25) is 0 Å². The molecule has 1 aromatic rings. The number of alkyl halides is 2. The van der Waals surface area contributed by atoms with Crippen LogP contribution >= 0.6 is 11.8 Å². The first-order valence-corrected chi connectivity index (χ1v) is 7.17. The van der Waals surface area contributed by atoms with E-state index in [4.69, 9.17) is 4.74 Å². The van der Waals surface area contributed by atoms with Gasteiger partial charge in [0.25, 0.3) is 6.43 Å². The minimum Gasteiger partial charge on any atom is -0.374 e. The van der Waals surface area contributed by atoms with E-state index in [9.17, 15) is 8.78 Å². The van der Waals surface area contributed by atoms with E-state index in [2.05, 4.69) is 17.4 Å². The molecule has 2 nitrogen and oxygen atoms in total. The molecule has 0 spiro atoms. The molecule has 5 heteroatoms. The molecule has 2 rings (SSSR count). The van der Waals surface area contributed by atoms with Gasteiger partial charge < -0.3 is 10.1 Å². The molecule has 1 aliphatic heterocycles. The molecule has 0 amide bonds. The minimum absolute atomic E-state index is 0.301. The van der Waals surface area contributed by atoms with Crippen molar-refractivity contribution in [3.63, 3.8) is 0 Å². The van der Waals surface area contributed by atoms with Crippen LogP contribution in [-0.4, -0.2) is 31.9 Å². The fraction of sp³-hybridized carbons (Fsp3) is 0.538. The zero-order chi connectivity index (χ0) is 12.8. The van der Waals surface area contributed by atoms with Crippen LogP contribution in [0.25, 0.3) is 0 Å². The standard InChI is InChI=1S/C13H17F2NOS/c14-13(15)7-17-6-5-16-12-9-18-8-10-3-1-2-4-11(10)12/h1-4,12-13,16H,5-9H2. The minimum atomic E-state index is -2.38. The Hall–Kier alpha value is -0.650. The first-order valence-electron chi connectivity index (χ1n) is 6.02. The molecule has 1 heterocycles. The van der Waals surface area contributed by atoms with Crippen molar-refractivity contribution in [1.82, 2.24) is 5.32 Å². The molecule has 0 bridgehead atoms. The van der Waals surface area contributed by atoms with Crippen LogP contribution in [0.5, 0.6) is 0 Å². The first-order chi connectivity index (χ1) is 8.77. The number of thioether (sulfide) groups is 1. The summed E-state index contributed by atoms with van der Waals surface area (Å²) in [6.07, 6.45) is -2.38. The van der Waals surface area contributed by atoms with E-state index in [1.165, 1.54) is 11.1 Å². The van der Waals surface area contributed by atoms with E-state index in [-0.39, 0.29) is 0 Å². The number of nitrogens with one attached hydrogen (secondary N) is 1. The Bertz CT molecular complexity index is 376. The SMILES string of the molecule is FC(F)COCCNC1CSCc2ccccc21. The monoisotopic (exact) mass is 273 g/mol. The highest BCUT2D eigenvalue weighted by Gasteiger charge is 2.19. The molecule has 0 aliphatic carbocycles. The molecule has 0 saturated heterocycles. The smallest absolute Gasteiger partial charge is 0.261 e. The highest BCUT2D eigenvalue weighted by molar-refractivity contribution is 7.98. The zero-order valence-corrected chi connectivity index (χ0v) is 10.9. The molecule has 1 atom stereocenters. The van der Waals surface area contributed by atoms with Crippen LogP contribution in [-0.2, 0) is 10.5 Å². The summed E-state index contributed by atoms with van der Waals surface area (Å²) < 4.78 is 28.6. The number of fused-ring (bicyclic) bond motifs is 1. The van der Waals surface area contributed by atoms with Crippen molar-refractivity contribution in [2.24, 2.45) is 0 Å². The lowest BCUT2D eigenvalue weighted by molar-refractivity contribution is 0.0183. The first kappa shape index (κ1) is 13.8. The largest absolute Gasteiger partial charge is 0.374 e. The summed E-state index contributed by atoms with van der Waals surface area (Å²) in [5.41, 5.74) is 2.69. The molecular formula is C13H17F2NOS. The summed E-state index contributed by atoms with van der Waals surface area (Å²) >= 11 is 1.89. The molecule has 0 saturated carbocycles. The van der Waals surface area contributed by atoms with Crippen molar-refractivity contribution in [3.05, 3.63) is 35.4 Å². The average molecular weight is 273 g/mol. The van der Waals surface area contributed by atoms with Crippen LogP contribution in [0.3, 0.4) is 0 Å². The van der Waals surface area contributed by atoms with Crippen LogP contribution in [0, 0.1) is 0 Å². The number of hydrogen-bond donors (Lipinski definition) is 1. The van der Waals surface area contributed by atoms with Gasteiger partial charge in [-0.15, -0.1) is 0 Å². The molecule has 0 aromatic heterocycles. The number of hydrogen-bond acceptors (Lipinski definition) is 3. The molecule has 1 N–H and O–H groups in total. The van der Waals surface area contributed by atoms with E-state index in [1.807, 2.05) is 23.9 Å². The lowest BCUT2D eigenvalue weighted by atomic mass is 10.0. The van der Waals surface area contributed by atoms with E-state index in [0.29, 0.717) is 19.2 Å².